The average Bonchev–Trinajstić information content (AvgIpc) is 2.04. The molecule has 0 radical (unpaired) electrons. The number of nitrogens with two attached hydrogens (primary N) is 1. The Morgan fingerprint density at radius 3 is 2.73 bits per heavy atom. The lowest BCUT2D eigenvalue weighted by Crippen LogP contribution is -2.00. The molecule has 0 atom stereocenters. The molecule has 1 heterocycles. The highest BCUT2D eigenvalue weighted by Gasteiger charge is 2.03. The fourth-order valence-electron chi connectivity index (χ4n) is 0.576. The third-order valence-corrected chi connectivity index (χ3v) is 1.34. The summed E-state index contributed by atoms with van der Waals surface area (Å²) in [7, 11) is 0. The first-order valence-electron chi connectivity index (χ1n) is 2.82. The van der Waals surface area contributed by atoms with Crippen LogP contribution in [-0.4, -0.2) is 15.1 Å². The van der Waals surface area contributed by atoms with E-state index in [2.05, 4.69) is 9.97 Å². The van der Waals surface area contributed by atoms with Crippen molar-refractivity contribution in [3.63, 3.8) is 0 Å². The van der Waals surface area contributed by atoms with Crippen molar-refractivity contribution in [3.8, 4) is 0 Å². The Hall–Kier alpha value is -1.29. The third-order valence-electron chi connectivity index (χ3n) is 1.07. The Kier molecular flexibility index (Phi) is 2.28. The van der Waals surface area contributed by atoms with Crippen LogP contribution in [0.2, 0.25) is 5.15 Å². The van der Waals surface area contributed by atoms with Gasteiger partial charge in [-0.2, -0.15) is 0 Å². The molecule has 0 saturated heterocycles. The van der Waals surface area contributed by atoms with Crippen molar-refractivity contribution in [3.05, 3.63) is 29.5 Å². The first-order valence-corrected chi connectivity index (χ1v) is 3.20. The van der Waals surface area contributed by atoms with Crippen molar-refractivity contribution < 1.29 is 5.11 Å². The quantitative estimate of drug-likeness (QED) is 0.617. The van der Waals surface area contributed by atoms with Gasteiger partial charge in [-0.1, -0.05) is 11.6 Å². The van der Waals surface area contributed by atoms with E-state index in [0.29, 0.717) is 0 Å². The summed E-state index contributed by atoms with van der Waals surface area (Å²) in [5, 5.41) is 8.68. The van der Waals surface area contributed by atoms with Crippen LogP contribution in [-0.2, 0) is 0 Å². The van der Waals surface area contributed by atoms with Gasteiger partial charge in [-0.15, -0.1) is 0 Å². The molecule has 0 saturated carbocycles. The van der Waals surface area contributed by atoms with E-state index in [1.807, 2.05) is 0 Å². The van der Waals surface area contributed by atoms with Gasteiger partial charge in [-0.05, 0) is 0 Å². The molecule has 11 heavy (non-hydrogen) atoms. The topological polar surface area (TPSA) is 72.0 Å². The van der Waals surface area contributed by atoms with Crippen LogP contribution < -0.4 is 5.73 Å². The molecule has 0 aromatic carbocycles. The summed E-state index contributed by atoms with van der Waals surface area (Å²) in [6.45, 7) is 0. The van der Waals surface area contributed by atoms with Gasteiger partial charge < -0.3 is 10.8 Å². The van der Waals surface area contributed by atoms with E-state index in [1.54, 1.807) is 0 Å². The molecule has 0 fully saturated rings. The zero-order valence-electron chi connectivity index (χ0n) is 5.53. The zero-order chi connectivity index (χ0) is 8.27. The number of aliphatic hydroxyl groups excluding tert-OH is 1. The highest BCUT2D eigenvalue weighted by molar-refractivity contribution is 6.30. The van der Waals surface area contributed by atoms with Crippen molar-refractivity contribution in [2.75, 3.05) is 0 Å². The van der Waals surface area contributed by atoms with Crippen LogP contribution in [0, 0.1) is 0 Å². The van der Waals surface area contributed by atoms with E-state index in [-0.39, 0.29) is 16.5 Å². The average molecular weight is 172 g/mol. The summed E-state index contributed by atoms with van der Waals surface area (Å²) in [5.74, 6) is 0. The molecule has 0 spiro atoms. The van der Waals surface area contributed by atoms with Crippen LogP contribution >= 0.6 is 11.6 Å². The van der Waals surface area contributed by atoms with Gasteiger partial charge in [0.25, 0.3) is 0 Å². The van der Waals surface area contributed by atoms with Gasteiger partial charge in [0, 0.05) is 12.4 Å². The van der Waals surface area contributed by atoms with Gasteiger partial charge in [0.15, 0.2) is 5.15 Å². The zero-order valence-corrected chi connectivity index (χ0v) is 6.28. The van der Waals surface area contributed by atoms with Crippen molar-refractivity contribution in [1.29, 1.82) is 0 Å². The van der Waals surface area contributed by atoms with E-state index >= 15 is 0 Å². The maximum atomic E-state index is 8.50. The largest absolute Gasteiger partial charge is 0.513 e. The molecular weight excluding hydrogens is 166 g/mol. The Labute approximate surface area is 68.3 Å². The number of aliphatic hydroxyl groups is 1. The van der Waals surface area contributed by atoms with Crippen molar-refractivity contribution in [2.45, 2.75) is 0 Å². The minimum Gasteiger partial charge on any atom is -0.513 e. The molecule has 1 aromatic rings. The second-order valence-electron chi connectivity index (χ2n) is 1.78. The number of halogens is 1. The number of rotatable bonds is 1. The highest BCUT2D eigenvalue weighted by Crippen LogP contribution is 2.13. The fraction of sp³-hybridized carbons (Fsp3) is 0. The molecule has 3 N–H and O–H groups in total. The third kappa shape index (κ3) is 1.59. The molecule has 0 amide bonds. The van der Waals surface area contributed by atoms with E-state index in [9.17, 15) is 0 Å². The second-order valence-corrected chi connectivity index (χ2v) is 2.14. The van der Waals surface area contributed by atoms with Gasteiger partial charge in [0.05, 0.1) is 5.70 Å². The Morgan fingerprint density at radius 1 is 1.55 bits per heavy atom. The van der Waals surface area contributed by atoms with Crippen LogP contribution in [0.1, 0.15) is 5.69 Å². The molecule has 58 valence electrons. The second kappa shape index (κ2) is 3.21. The molecule has 5 heteroatoms. The summed E-state index contributed by atoms with van der Waals surface area (Å²) in [4.78, 5) is 7.52. The maximum Gasteiger partial charge on any atom is 0.156 e. The predicted molar refractivity (Wildman–Crippen MR) is 41.8 cm³/mol. The molecule has 0 unspecified atom stereocenters. The van der Waals surface area contributed by atoms with Gasteiger partial charge in [0.1, 0.15) is 12.0 Å². The Morgan fingerprint density at radius 2 is 2.18 bits per heavy atom. The monoisotopic (exact) mass is 171 g/mol. The van der Waals surface area contributed by atoms with Crippen molar-refractivity contribution in [2.24, 2.45) is 5.73 Å². The van der Waals surface area contributed by atoms with Crippen molar-refractivity contribution in [1.82, 2.24) is 9.97 Å². The van der Waals surface area contributed by atoms with Crippen LogP contribution in [0.4, 0.5) is 0 Å². The predicted octanol–water partition coefficient (Wildman–Crippen LogP) is 0.945. The summed E-state index contributed by atoms with van der Waals surface area (Å²) in [6.07, 6.45) is 3.62. The van der Waals surface area contributed by atoms with E-state index < -0.39 is 0 Å². The molecule has 0 aliphatic heterocycles. The summed E-state index contributed by atoms with van der Waals surface area (Å²) in [6, 6.07) is 0. The number of hydrogen-bond donors (Lipinski definition) is 2. The molecule has 4 nitrogen and oxygen atoms in total. The van der Waals surface area contributed by atoms with Gasteiger partial charge in [-0.3, -0.25) is 0 Å². The van der Waals surface area contributed by atoms with E-state index in [1.165, 1.54) is 12.4 Å². The number of nitrogens with zero attached hydrogens (tertiary/aromatic N) is 2. The summed E-state index contributed by atoms with van der Waals surface area (Å²) >= 11 is 5.59. The standard InChI is InChI=1S/C6H6ClN3O/c7-6-5(4(8)3-11)9-1-2-10-6/h1-3,11H,8H2/b4-3-. The Balaban J connectivity index is 3.14. The lowest BCUT2D eigenvalue weighted by molar-refractivity contribution is 0.475. The van der Waals surface area contributed by atoms with Crippen LogP contribution in [0.25, 0.3) is 5.70 Å². The van der Waals surface area contributed by atoms with Crippen LogP contribution in [0.15, 0.2) is 18.7 Å². The SMILES string of the molecule is N/C(=C\O)c1nccnc1Cl. The van der Waals surface area contributed by atoms with Gasteiger partial charge >= 0.3 is 0 Å². The van der Waals surface area contributed by atoms with Gasteiger partial charge in [-0.25, -0.2) is 9.97 Å². The summed E-state index contributed by atoms with van der Waals surface area (Å²) < 4.78 is 0. The molecular formula is C6H6ClN3O. The van der Waals surface area contributed by atoms with Crippen LogP contribution in [0.5, 0.6) is 0 Å². The van der Waals surface area contributed by atoms with Crippen LogP contribution in [0.3, 0.4) is 0 Å². The molecule has 1 aromatic heterocycles. The minimum absolute atomic E-state index is 0.100. The van der Waals surface area contributed by atoms with Gasteiger partial charge in [0.2, 0.25) is 0 Å². The lowest BCUT2D eigenvalue weighted by Gasteiger charge is -1.98. The molecule has 0 bridgehead atoms. The first kappa shape index (κ1) is 7.81. The first-order chi connectivity index (χ1) is 5.25. The molecule has 0 aliphatic rings. The van der Waals surface area contributed by atoms with Crippen molar-refractivity contribution >= 4 is 17.3 Å². The van der Waals surface area contributed by atoms with E-state index in [4.69, 9.17) is 22.4 Å². The number of hydrogen-bond acceptors (Lipinski definition) is 4. The summed E-state index contributed by atoms with van der Waals surface area (Å²) in [5.41, 5.74) is 5.71. The fourth-order valence-corrected chi connectivity index (χ4v) is 0.790. The normalized spacial score (nSPS) is 11.5. The molecule has 0 aliphatic carbocycles. The smallest absolute Gasteiger partial charge is 0.156 e. The maximum absolute atomic E-state index is 8.50. The molecule has 1 rings (SSSR count). The Bertz CT molecular complexity index is 287. The number of aromatic nitrogens is 2. The minimum atomic E-state index is 0.100. The highest BCUT2D eigenvalue weighted by atomic mass is 35.5. The van der Waals surface area contributed by atoms with E-state index in [0.717, 1.165) is 6.26 Å². The lowest BCUT2D eigenvalue weighted by atomic mass is 10.4.